The van der Waals surface area contributed by atoms with Crippen LogP contribution in [-0.4, -0.2) is 35.9 Å². The van der Waals surface area contributed by atoms with Gasteiger partial charge in [0.15, 0.2) is 0 Å². The largest absolute Gasteiger partial charge is 0.465 e. The maximum atomic E-state index is 11.7. The number of halogens is 1. The fraction of sp³-hybridized carbons (Fsp3) is 0.500. The van der Waals surface area contributed by atoms with E-state index >= 15 is 0 Å². The zero-order valence-electron chi connectivity index (χ0n) is 10.5. The van der Waals surface area contributed by atoms with Crippen molar-refractivity contribution in [2.75, 3.05) is 18.9 Å². The second-order valence-corrected chi connectivity index (χ2v) is 5.44. The standard InChI is InChI=1S/C12H17BrN2O2S/c1-3-14-10(12(16)17-4-2)8-18-11-6-5-9(13)7-15-11/h5-7,10,14H,3-4,8H2,1-2H3. The second kappa shape index (κ2) is 8.50. The van der Waals surface area contributed by atoms with E-state index in [1.807, 2.05) is 26.0 Å². The Morgan fingerprint density at radius 2 is 2.33 bits per heavy atom. The molecule has 0 spiro atoms. The van der Waals surface area contributed by atoms with Crippen LogP contribution in [-0.2, 0) is 9.53 Å². The lowest BCUT2D eigenvalue weighted by molar-refractivity contribution is -0.144. The van der Waals surface area contributed by atoms with Gasteiger partial charge in [-0.1, -0.05) is 6.92 Å². The number of nitrogens with zero attached hydrogens (tertiary/aromatic N) is 1. The van der Waals surface area contributed by atoms with Gasteiger partial charge in [-0.2, -0.15) is 0 Å². The Morgan fingerprint density at radius 3 is 2.89 bits per heavy atom. The van der Waals surface area contributed by atoms with Crippen LogP contribution in [0.25, 0.3) is 0 Å². The Bertz CT molecular complexity index is 373. The van der Waals surface area contributed by atoms with Gasteiger partial charge >= 0.3 is 5.97 Å². The molecule has 1 aromatic rings. The van der Waals surface area contributed by atoms with Gasteiger partial charge in [-0.05, 0) is 41.5 Å². The highest BCUT2D eigenvalue weighted by atomic mass is 79.9. The van der Waals surface area contributed by atoms with Gasteiger partial charge in [0.1, 0.15) is 6.04 Å². The van der Waals surface area contributed by atoms with E-state index in [-0.39, 0.29) is 12.0 Å². The summed E-state index contributed by atoms with van der Waals surface area (Å²) in [5.41, 5.74) is 0. The number of thioether (sulfide) groups is 1. The molecule has 100 valence electrons. The first-order chi connectivity index (χ1) is 8.67. The van der Waals surface area contributed by atoms with E-state index in [1.165, 1.54) is 11.8 Å². The van der Waals surface area contributed by atoms with Crippen LogP contribution in [0, 0.1) is 0 Å². The van der Waals surface area contributed by atoms with E-state index in [9.17, 15) is 4.79 Å². The van der Waals surface area contributed by atoms with Crippen molar-refractivity contribution in [3.63, 3.8) is 0 Å². The summed E-state index contributed by atoms with van der Waals surface area (Å²) in [5, 5.41) is 4.01. The minimum Gasteiger partial charge on any atom is -0.465 e. The van der Waals surface area contributed by atoms with E-state index in [1.54, 1.807) is 6.20 Å². The summed E-state index contributed by atoms with van der Waals surface area (Å²) in [6, 6.07) is 3.57. The number of hydrogen-bond donors (Lipinski definition) is 1. The molecule has 0 aliphatic heterocycles. The van der Waals surface area contributed by atoms with Crippen LogP contribution >= 0.6 is 27.7 Å². The van der Waals surface area contributed by atoms with Crippen molar-refractivity contribution in [2.45, 2.75) is 24.9 Å². The SMILES string of the molecule is CCNC(CSc1ccc(Br)cn1)C(=O)OCC. The van der Waals surface area contributed by atoms with Gasteiger partial charge in [-0.3, -0.25) is 4.79 Å². The minimum atomic E-state index is -0.287. The predicted molar refractivity (Wildman–Crippen MR) is 76.8 cm³/mol. The fourth-order valence-corrected chi connectivity index (χ4v) is 2.43. The number of hydrogen-bond acceptors (Lipinski definition) is 5. The third-order valence-electron chi connectivity index (χ3n) is 2.12. The molecule has 0 saturated carbocycles. The molecule has 1 atom stereocenters. The molecule has 0 aliphatic rings. The van der Waals surface area contributed by atoms with E-state index in [0.717, 1.165) is 16.0 Å². The van der Waals surface area contributed by atoms with Crippen molar-refractivity contribution in [3.05, 3.63) is 22.8 Å². The lowest BCUT2D eigenvalue weighted by Gasteiger charge is -2.15. The van der Waals surface area contributed by atoms with Crippen molar-refractivity contribution >= 4 is 33.7 Å². The zero-order chi connectivity index (χ0) is 13.4. The number of carbonyl (C=O) groups is 1. The number of nitrogens with one attached hydrogen (secondary N) is 1. The molecule has 0 fully saturated rings. The number of rotatable bonds is 7. The smallest absolute Gasteiger partial charge is 0.323 e. The first-order valence-electron chi connectivity index (χ1n) is 5.81. The second-order valence-electron chi connectivity index (χ2n) is 3.49. The molecule has 0 radical (unpaired) electrons. The van der Waals surface area contributed by atoms with Crippen molar-refractivity contribution in [2.24, 2.45) is 0 Å². The summed E-state index contributed by atoms with van der Waals surface area (Å²) in [6.45, 7) is 4.92. The van der Waals surface area contributed by atoms with Gasteiger partial charge in [0.05, 0.1) is 11.6 Å². The molecule has 1 unspecified atom stereocenters. The quantitative estimate of drug-likeness (QED) is 0.614. The summed E-state index contributed by atoms with van der Waals surface area (Å²) in [4.78, 5) is 15.9. The van der Waals surface area contributed by atoms with E-state index in [4.69, 9.17) is 4.74 Å². The number of aromatic nitrogens is 1. The molecule has 18 heavy (non-hydrogen) atoms. The van der Waals surface area contributed by atoms with Crippen molar-refractivity contribution in [1.82, 2.24) is 10.3 Å². The predicted octanol–water partition coefficient (Wildman–Crippen LogP) is 2.48. The van der Waals surface area contributed by atoms with Crippen LogP contribution in [0.15, 0.2) is 27.8 Å². The van der Waals surface area contributed by atoms with Crippen molar-refractivity contribution in [1.29, 1.82) is 0 Å². The fourth-order valence-electron chi connectivity index (χ4n) is 1.32. The lowest BCUT2D eigenvalue weighted by atomic mass is 10.3. The molecule has 0 bridgehead atoms. The van der Waals surface area contributed by atoms with Crippen LogP contribution in [0.4, 0.5) is 0 Å². The molecule has 0 saturated heterocycles. The molecule has 0 aliphatic carbocycles. The number of ether oxygens (including phenoxy) is 1. The molecular formula is C12H17BrN2O2S. The van der Waals surface area contributed by atoms with Crippen LogP contribution < -0.4 is 5.32 Å². The van der Waals surface area contributed by atoms with Crippen molar-refractivity contribution < 1.29 is 9.53 Å². The first-order valence-corrected chi connectivity index (χ1v) is 7.59. The highest BCUT2D eigenvalue weighted by molar-refractivity contribution is 9.10. The Labute approximate surface area is 120 Å². The highest BCUT2D eigenvalue weighted by Crippen LogP contribution is 2.18. The maximum Gasteiger partial charge on any atom is 0.323 e. The Hall–Kier alpha value is -0.590. The normalized spacial score (nSPS) is 12.2. The Kier molecular flexibility index (Phi) is 7.31. The molecule has 1 aromatic heterocycles. The summed E-state index contributed by atoms with van der Waals surface area (Å²) in [7, 11) is 0. The summed E-state index contributed by atoms with van der Waals surface area (Å²) < 4.78 is 5.97. The number of likely N-dealkylation sites (N-methyl/N-ethyl adjacent to an activating group) is 1. The van der Waals surface area contributed by atoms with Gasteiger partial charge in [0, 0.05) is 16.4 Å². The third-order valence-corrected chi connectivity index (χ3v) is 3.63. The third kappa shape index (κ3) is 5.37. The molecule has 1 heterocycles. The number of esters is 1. The van der Waals surface area contributed by atoms with Crippen LogP contribution in [0.5, 0.6) is 0 Å². The van der Waals surface area contributed by atoms with Crippen LogP contribution in [0.1, 0.15) is 13.8 Å². The topological polar surface area (TPSA) is 51.2 Å². The molecule has 4 nitrogen and oxygen atoms in total. The first kappa shape index (κ1) is 15.5. The van der Waals surface area contributed by atoms with Gasteiger partial charge in [0.2, 0.25) is 0 Å². The summed E-state index contributed by atoms with van der Waals surface area (Å²) in [5.74, 6) is 0.408. The Balaban J connectivity index is 2.51. The van der Waals surface area contributed by atoms with Crippen LogP contribution in [0.2, 0.25) is 0 Å². The molecule has 0 aromatic carbocycles. The molecule has 0 amide bonds. The van der Waals surface area contributed by atoms with Crippen molar-refractivity contribution in [3.8, 4) is 0 Å². The zero-order valence-corrected chi connectivity index (χ0v) is 12.9. The van der Waals surface area contributed by atoms with E-state index in [0.29, 0.717) is 12.4 Å². The number of carbonyl (C=O) groups excluding carboxylic acids is 1. The Morgan fingerprint density at radius 1 is 1.56 bits per heavy atom. The summed E-state index contributed by atoms with van der Waals surface area (Å²) in [6.07, 6.45) is 1.74. The molecular weight excluding hydrogens is 316 g/mol. The number of pyridine rings is 1. The van der Waals surface area contributed by atoms with Gasteiger partial charge < -0.3 is 10.1 Å². The van der Waals surface area contributed by atoms with Gasteiger partial charge in [-0.25, -0.2) is 4.98 Å². The molecule has 6 heteroatoms. The highest BCUT2D eigenvalue weighted by Gasteiger charge is 2.18. The van der Waals surface area contributed by atoms with E-state index < -0.39 is 0 Å². The average Bonchev–Trinajstić information content (AvgIpc) is 2.36. The van der Waals surface area contributed by atoms with Gasteiger partial charge in [0.25, 0.3) is 0 Å². The summed E-state index contributed by atoms with van der Waals surface area (Å²) >= 11 is 4.87. The van der Waals surface area contributed by atoms with Gasteiger partial charge in [-0.15, -0.1) is 11.8 Å². The molecule has 1 N–H and O–H groups in total. The maximum absolute atomic E-state index is 11.7. The lowest BCUT2D eigenvalue weighted by Crippen LogP contribution is -2.40. The minimum absolute atomic E-state index is 0.205. The molecule has 1 rings (SSSR count). The monoisotopic (exact) mass is 332 g/mol. The van der Waals surface area contributed by atoms with Crippen LogP contribution in [0.3, 0.4) is 0 Å². The van der Waals surface area contributed by atoms with E-state index in [2.05, 4.69) is 26.2 Å². The average molecular weight is 333 g/mol.